The van der Waals surface area contributed by atoms with E-state index in [4.69, 9.17) is 73.8 Å². The molecule has 11 heterocycles. The van der Waals surface area contributed by atoms with Gasteiger partial charge in [-0.3, -0.25) is 28.5 Å². The molecule has 26 heteroatoms. The Hall–Kier alpha value is -7.21. The van der Waals surface area contributed by atoms with Gasteiger partial charge in [0.1, 0.15) is 35.1 Å². The fourth-order valence-electron chi connectivity index (χ4n) is 13.8. The summed E-state index contributed by atoms with van der Waals surface area (Å²) in [6.45, 7) is 27.1. The fraction of sp³-hybridized carbons (Fsp3) is 0.538. The molecule has 0 bridgehead atoms. The Morgan fingerprint density at radius 1 is 0.471 bits per heavy atom. The molecule has 15 rings (SSSR count). The summed E-state index contributed by atoms with van der Waals surface area (Å²) in [6, 6.07) is 32.3. The minimum absolute atomic E-state index is 0.00307. The van der Waals surface area contributed by atoms with E-state index in [1.54, 1.807) is 6.33 Å². The van der Waals surface area contributed by atoms with E-state index in [0.29, 0.717) is 95.7 Å². The van der Waals surface area contributed by atoms with Crippen molar-refractivity contribution >= 4 is 69.7 Å². The molecule has 8 aromatic rings. The normalized spacial score (nSPS) is 20.3. The van der Waals surface area contributed by atoms with E-state index >= 15 is 0 Å². The fourth-order valence-corrected chi connectivity index (χ4v) is 13.9. The molecule has 7 aliphatic heterocycles. The molecule has 7 aliphatic rings. The van der Waals surface area contributed by atoms with Crippen LogP contribution in [-0.4, -0.2) is 223 Å². The van der Waals surface area contributed by atoms with Crippen LogP contribution in [0.15, 0.2) is 110 Å². The van der Waals surface area contributed by atoms with Crippen molar-refractivity contribution in [2.75, 3.05) is 155 Å². The van der Waals surface area contributed by atoms with Gasteiger partial charge in [-0.05, 0) is 117 Å². The summed E-state index contributed by atoms with van der Waals surface area (Å²) in [5.74, 6) is 2.68. The van der Waals surface area contributed by atoms with Crippen LogP contribution < -0.4 is 15.3 Å². The predicted octanol–water partition coefficient (Wildman–Crippen LogP) is 9.44. The number of anilines is 2. The first kappa shape index (κ1) is 75.0. The highest BCUT2D eigenvalue weighted by atomic mass is 35.5. The van der Waals surface area contributed by atoms with Gasteiger partial charge in [0.05, 0.1) is 103 Å². The highest BCUT2D eigenvalue weighted by Gasteiger charge is 2.51. The molecular weight excluding hydrogens is 1340 g/mol. The molecule has 4 aromatic heterocycles. The van der Waals surface area contributed by atoms with Crippen molar-refractivity contribution in [1.82, 2.24) is 48.8 Å². The second-order valence-corrected chi connectivity index (χ2v) is 29.0. The number of nitrogens with zero attached hydrogens (tertiary/aromatic N) is 12. The Balaban J connectivity index is 0.000000148. The lowest BCUT2D eigenvalue weighted by Crippen LogP contribution is -2.41. The first-order valence-electron chi connectivity index (χ1n) is 37.3. The van der Waals surface area contributed by atoms with Crippen LogP contribution >= 0.6 is 11.6 Å². The van der Waals surface area contributed by atoms with Crippen molar-refractivity contribution in [3.63, 3.8) is 0 Å². The number of ketones is 2. The summed E-state index contributed by atoms with van der Waals surface area (Å²) in [5, 5.41) is 0.226. The van der Waals surface area contributed by atoms with E-state index in [0.717, 1.165) is 211 Å². The number of imidazole rings is 2. The zero-order valence-corrected chi connectivity index (χ0v) is 61.6. The van der Waals surface area contributed by atoms with Crippen LogP contribution in [0, 0.1) is 0 Å². The maximum absolute atomic E-state index is 13.0. The number of Topliss-reactive ketones (excluding diaryl/α,β-unsaturated/α-hetero) is 2. The second-order valence-electron chi connectivity index (χ2n) is 28.6. The first-order valence-corrected chi connectivity index (χ1v) is 37.6. The molecular formula is C78H100BClN12O12. The molecule has 2 atom stereocenters. The molecule has 7 saturated heterocycles. The van der Waals surface area contributed by atoms with Crippen molar-refractivity contribution in [3.8, 4) is 11.4 Å². The number of morpholine rings is 4. The van der Waals surface area contributed by atoms with Gasteiger partial charge in [-0.1, -0.05) is 97.1 Å². The summed E-state index contributed by atoms with van der Waals surface area (Å²) >= 11 is 6.08. The van der Waals surface area contributed by atoms with Gasteiger partial charge in [0.15, 0.2) is 28.8 Å². The van der Waals surface area contributed by atoms with Crippen LogP contribution in [0.2, 0.25) is 5.28 Å². The summed E-state index contributed by atoms with van der Waals surface area (Å²) < 4.78 is 61.9. The van der Waals surface area contributed by atoms with Crippen LogP contribution in [0.4, 0.5) is 11.6 Å². The lowest BCUT2D eigenvalue weighted by Gasteiger charge is -2.32. The Labute approximate surface area is 615 Å². The number of hydrogen-bond acceptors (Lipinski definition) is 22. The minimum Gasteiger partial charge on any atom is -0.399 e. The Bertz CT molecular complexity index is 4020. The maximum atomic E-state index is 13.0. The number of fused-ring (bicyclic) bond motifs is 2. The molecule has 104 heavy (non-hydrogen) atoms. The van der Waals surface area contributed by atoms with Crippen LogP contribution in [0.1, 0.15) is 112 Å². The molecule has 0 saturated carbocycles. The zero-order chi connectivity index (χ0) is 71.7. The van der Waals surface area contributed by atoms with Crippen molar-refractivity contribution in [3.05, 3.63) is 148 Å². The highest BCUT2D eigenvalue weighted by molar-refractivity contribution is 6.62. The summed E-state index contributed by atoms with van der Waals surface area (Å²) in [5.41, 5.74) is 10.5. The van der Waals surface area contributed by atoms with Crippen LogP contribution in [-0.2, 0) is 95.7 Å². The molecule has 0 aliphatic carbocycles. The first-order chi connectivity index (χ1) is 50.7. The quantitative estimate of drug-likeness (QED) is 0.0312. The van der Waals surface area contributed by atoms with Gasteiger partial charge in [-0.15, -0.1) is 0 Å². The third-order valence-electron chi connectivity index (χ3n) is 20.6. The minimum atomic E-state index is -0.383. The Morgan fingerprint density at radius 3 is 1.28 bits per heavy atom. The molecule has 2 unspecified atom stereocenters. The van der Waals surface area contributed by atoms with Gasteiger partial charge in [0.25, 0.3) is 0 Å². The molecule has 554 valence electrons. The molecule has 0 radical (unpaired) electrons. The number of halogens is 1. The van der Waals surface area contributed by atoms with Gasteiger partial charge in [-0.2, -0.15) is 9.97 Å². The number of rotatable bonds is 24. The van der Waals surface area contributed by atoms with Crippen molar-refractivity contribution < 1.29 is 56.8 Å². The average molecular weight is 1440 g/mol. The van der Waals surface area contributed by atoms with Crippen LogP contribution in [0.3, 0.4) is 0 Å². The van der Waals surface area contributed by atoms with Crippen molar-refractivity contribution in [2.45, 2.75) is 129 Å². The molecule has 0 N–H and O–H groups in total. The van der Waals surface area contributed by atoms with E-state index < -0.39 is 0 Å². The second kappa shape index (κ2) is 36.4. The summed E-state index contributed by atoms with van der Waals surface area (Å²) in [4.78, 5) is 62.6. The number of hydrogen-bond donors (Lipinski definition) is 0. The number of aromatic nitrogens is 8. The third-order valence-corrected chi connectivity index (χ3v) is 20.7. The predicted molar refractivity (Wildman–Crippen MR) is 399 cm³/mol. The third kappa shape index (κ3) is 20.1. The largest absolute Gasteiger partial charge is 0.494 e. The number of ether oxygens (including phenoxy) is 8. The molecule has 0 spiro atoms. The number of carbonyl (C=O) groups excluding carboxylic acids is 2. The van der Waals surface area contributed by atoms with Gasteiger partial charge in [-0.25, -0.2) is 19.9 Å². The summed E-state index contributed by atoms with van der Waals surface area (Å²) in [7, 11) is -0.383. The van der Waals surface area contributed by atoms with Crippen LogP contribution in [0.25, 0.3) is 33.7 Å². The van der Waals surface area contributed by atoms with Gasteiger partial charge in [0.2, 0.25) is 5.28 Å². The topological polar surface area (TPSA) is 227 Å². The van der Waals surface area contributed by atoms with Crippen LogP contribution in [0.5, 0.6) is 0 Å². The SMILES string of the molecule is CC1(C)OB(c2ccc(CC(=O)Cc3ccc(COCCN4CCOCC4)cc3)cc2)OC1(C)C.Clc1nc(N2CCOCC2)c2c(ncn2C2CCCCO2)n1.O=C(Cc1ccc(COCCN2CCOCC2)cc1)Cc1ccc(-c2nc(N3CCOCC3)c3c(ncn3C3CCCCO3)n2)cc1. The Morgan fingerprint density at radius 2 is 0.856 bits per heavy atom. The standard InChI is InChI=1S/C36H44N6O5.C28H38BNO5.C14H18ClN5O2/c43-31(23-27-4-6-29(7-5-27)25-46-20-14-40-12-18-44-19-13-40)24-28-8-10-30(11-9-28)34-38-35-33(36(39-34)41-15-21-45-22-16-41)42(26-37-35)32-3-1-2-17-47-32;1-27(2)28(3,4)35-29(34-27)25-11-9-23(10-12-25)20-26(31)19-22-5-7-24(8-6-22)21-33-18-15-30-13-16-32-17-14-30;15-14-17-12-11(13(18-14)19-4-7-21-8-5-19)20(9-16-12)10-3-1-2-6-22-10/h4-11,26,32H,1-3,12-25H2;5-12H,13-21H2,1-4H3;9-10H,1-8H2. The lowest BCUT2D eigenvalue weighted by atomic mass is 9.78. The van der Waals surface area contributed by atoms with E-state index in [1.165, 1.54) is 0 Å². The average Bonchev–Trinajstić information content (AvgIpc) is 1.56. The van der Waals surface area contributed by atoms with Gasteiger partial charge < -0.3 is 57.0 Å². The smallest absolute Gasteiger partial charge is 0.399 e. The number of carbonyl (C=O) groups is 2. The molecule has 4 aromatic carbocycles. The van der Waals surface area contributed by atoms with Gasteiger partial charge in [0, 0.05) is 110 Å². The zero-order valence-electron chi connectivity index (χ0n) is 60.8. The maximum Gasteiger partial charge on any atom is 0.494 e. The van der Waals surface area contributed by atoms with E-state index in [-0.39, 0.29) is 47.6 Å². The van der Waals surface area contributed by atoms with E-state index in [1.807, 2.05) is 107 Å². The lowest BCUT2D eigenvalue weighted by molar-refractivity contribution is -0.118. The van der Waals surface area contributed by atoms with E-state index in [2.05, 4.69) is 68.0 Å². The van der Waals surface area contributed by atoms with Crippen molar-refractivity contribution in [2.24, 2.45) is 0 Å². The van der Waals surface area contributed by atoms with Gasteiger partial charge >= 0.3 is 7.12 Å². The number of benzene rings is 4. The van der Waals surface area contributed by atoms with E-state index in [9.17, 15) is 9.59 Å². The monoisotopic (exact) mass is 1440 g/mol. The van der Waals surface area contributed by atoms with Crippen molar-refractivity contribution in [1.29, 1.82) is 0 Å². The molecule has 7 fully saturated rings. The highest BCUT2D eigenvalue weighted by Crippen LogP contribution is 2.38. The summed E-state index contributed by atoms with van der Waals surface area (Å²) in [6.07, 6.45) is 11.6. The Kier molecular flexibility index (Phi) is 26.3. The molecule has 24 nitrogen and oxygen atoms in total. The molecule has 0 amide bonds.